The highest BCUT2D eigenvalue weighted by atomic mass is 16.2. The first-order valence-electron chi connectivity index (χ1n) is 11.6. The Morgan fingerprint density at radius 3 is 2.35 bits per heavy atom. The Morgan fingerprint density at radius 1 is 1.00 bits per heavy atom. The Bertz CT molecular complexity index is 986. The Labute approximate surface area is 185 Å². The van der Waals surface area contributed by atoms with Crippen molar-refractivity contribution in [2.75, 3.05) is 44.7 Å². The number of ketones is 1. The summed E-state index contributed by atoms with van der Waals surface area (Å²) in [5.41, 5.74) is 5.64. The maximum absolute atomic E-state index is 13.8. The molecule has 0 bridgehead atoms. The zero-order valence-electron chi connectivity index (χ0n) is 19.3. The number of carbonyl (C=O) groups excluding carboxylic acids is 2. The molecule has 1 aromatic heterocycles. The van der Waals surface area contributed by atoms with E-state index in [1.54, 1.807) is 0 Å². The van der Waals surface area contributed by atoms with E-state index in [1.165, 1.54) is 5.69 Å². The molecule has 0 saturated carbocycles. The molecule has 0 radical (unpaired) electrons. The molecule has 0 unspecified atom stereocenters. The van der Waals surface area contributed by atoms with E-state index in [2.05, 4.69) is 42.2 Å². The van der Waals surface area contributed by atoms with Crippen LogP contribution in [0.25, 0.3) is 0 Å². The number of hydrogen-bond donors (Lipinski definition) is 0. The number of fused-ring (bicyclic) bond motifs is 2. The van der Waals surface area contributed by atoms with Crippen molar-refractivity contribution in [3.05, 3.63) is 46.8 Å². The smallest absolute Gasteiger partial charge is 0.245 e. The maximum Gasteiger partial charge on any atom is 0.245 e. The fourth-order valence-electron chi connectivity index (χ4n) is 5.14. The van der Waals surface area contributed by atoms with Crippen molar-refractivity contribution in [2.24, 2.45) is 0 Å². The summed E-state index contributed by atoms with van der Waals surface area (Å²) in [5.74, 6) is 0.159. The number of piperazine rings is 1. The molecule has 0 N–H and O–H groups in total. The van der Waals surface area contributed by atoms with Gasteiger partial charge in [0.25, 0.3) is 0 Å². The molecule has 2 aliphatic rings. The SMILES string of the molecule is CCc1c2c(n(CC)c1CC)C(=O)Cc1ccccc1N2C(=O)CN1CCN(C)CC1. The molecule has 3 heterocycles. The number of hydrogen-bond acceptors (Lipinski definition) is 4. The van der Waals surface area contributed by atoms with Gasteiger partial charge in [-0.25, -0.2) is 0 Å². The van der Waals surface area contributed by atoms with Crippen molar-refractivity contribution in [3.63, 3.8) is 0 Å². The van der Waals surface area contributed by atoms with Gasteiger partial charge >= 0.3 is 0 Å². The van der Waals surface area contributed by atoms with E-state index >= 15 is 0 Å². The van der Waals surface area contributed by atoms with Crippen LogP contribution in [0.2, 0.25) is 0 Å². The van der Waals surface area contributed by atoms with Crippen molar-refractivity contribution >= 4 is 23.1 Å². The molecule has 4 rings (SSSR count). The van der Waals surface area contributed by atoms with Crippen LogP contribution in [0, 0.1) is 0 Å². The standard InChI is InChI=1S/C25H34N4O2/c1-5-19-20(6-2)28(7-3)25-22(30)16-18-10-8-9-11-21(18)29(24(19)25)23(31)17-27-14-12-26(4)13-15-27/h8-11H,5-7,12-17H2,1-4H3. The van der Waals surface area contributed by atoms with Gasteiger partial charge < -0.3 is 9.47 Å². The highest BCUT2D eigenvalue weighted by Crippen LogP contribution is 2.42. The fraction of sp³-hybridized carbons (Fsp3) is 0.520. The average Bonchev–Trinajstić information content (AvgIpc) is 3.03. The van der Waals surface area contributed by atoms with Crippen LogP contribution in [0.3, 0.4) is 0 Å². The predicted octanol–water partition coefficient (Wildman–Crippen LogP) is 3.28. The number of carbonyl (C=O) groups is 2. The van der Waals surface area contributed by atoms with Gasteiger partial charge in [0.15, 0.2) is 5.78 Å². The van der Waals surface area contributed by atoms with E-state index in [-0.39, 0.29) is 11.7 Å². The van der Waals surface area contributed by atoms with Crippen molar-refractivity contribution in [2.45, 2.75) is 46.6 Å². The second kappa shape index (κ2) is 8.97. The monoisotopic (exact) mass is 422 g/mol. The Morgan fingerprint density at radius 2 is 1.71 bits per heavy atom. The molecule has 0 aliphatic carbocycles. The van der Waals surface area contributed by atoms with Gasteiger partial charge in [-0.05, 0) is 44.0 Å². The summed E-state index contributed by atoms with van der Waals surface area (Å²) in [7, 11) is 2.12. The Hall–Kier alpha value is -2.44. The number of para-hydroxylation sites is 1. The zero-order chi connectivity index (χ0) is 22.1. The van der Waals surface area contributed by atoms with E-state index < -0.39 is 0 Å². The van der Waals surface area contributed by atoms with Gasteiger partial charge in [-0.15, -0.1) is 0 Å². The number of benzene rings is 1. The van der Waals surface area contributed by atoms with Gasteiger partial charge in [-0.1, -0.05) is 32.0 Å². The average molecular weight is 423 g/mol. The summed E-state index contributed by atoms with van der Waals surface area (Å²) in [6.07, 6.45) is 1.98. The molecular weight excluding hydrogens is 388 g/mol. The van der Waals surface area contributed by atoms with E-state index in [9.17, 15) is 9.59 Å². The molecule has 6 nitrogen and oxygen atoms in total. The maximum atomic E-state index is 13.8. The van der Waals surface area contributed by atoms with Crippen LogP contribution >= 0.6 is 0 Å². The second-order valence-corrected chi connectivity index (χ2v) is 8.61. The van der Waals surface area contributed by atoms with E-state index in [0.29, 0.717) is 18.7 Å². The topological polar surface area (TPSA) is 48.8 Å². The molecule has 6 heteroatoms. The predicted molar refractivity (Wildman–Crippen MR) is 124 cm³/mol. The van der Waals surface area contributed by atoms with Gasteiger partial charge in [0, 0.05) is 44.8 Å². The first kappa shape index (κ1) is 21.8. The third-order valence-corrected chi connectivity index (χ3v) is 6.73. The molecule has 0 spiro atoms. The molecule has 1 amide bonds. The summed E-state index contributed by atoms with van der Waals surface area (Å²) >= 11 is 0. The largest absolute Gasteiger partial charge is 0.340 e. The third-order valence-electron chi connectivity index (χ3n) is 6.73. The van der Waals surface area contributed by atoms with Gasteiger partial charge in [-0.3, -0.25) is 19.4 Å². The summed E-state index contributed by atoms with van der Waals surface area (Å²) in [4.78, 5) is 33.7. The van der Waals surface area contributed by atoms with Gasteiger partial charge in [0.05, 0.1) is 17.9 Å². The lowest BCUT2D eigenvalue weighted by molar-refractivity contribution is -0.119. The van der Waals surface area contributed by atoms with E-state index in [4.69, 9.17) is 0 Å². The molecule has 1 fully saturated rings. The first-order valence-corrected chi connectivity index (χ1v) is 11.6. The molecule has 31 heavy (non-hydrogen) atoms. The van der Waals surface area contributed by atoms with Crippen LogP contribution < -0.4 is 4.90 Å². The molecule has 1 aromatic carbocycles. The van der Waals surface area contributed by atoms with Crippen LogP contribution in [0.5, 0.6) is 0 Å². The normalized spacial score (nSPS) is 17.4. The van der Waals surface area contributed by atoms with Crippen LogP contribution in [-0.4, -0.2) is 65.8 Å². The summed E-state index contributed by atoms with van der Waals surface area (Å²) in [6.45, 7) is 11.2. The van der Waals surface area contributed by atoms with Gasteiger partial charge in [0.1, 0.15) is 5.69 Å². The minimum Gasteiger partial charge on any atom is -0.340 e. The minimum atomic E-state index is 0.0542. The lowest BCUT2D eigenvalue weighted by Gasteiger charge is -2.33. The molecule has 2 aromatic rings. The van der Waals surface area contributed by atoms with E-state index in [0.717, 1.165) is 68.1 Å². The van der Waals surface area contributed by atoms with Gasteiger partial charge in [-0.2, -0.15) is 0 Å². The van der Waals surface area contributed by atoms with Crippen molar-refractivity contribution < 1.29 is 9.59 Å². The van der Waals surface area contributed by atoms with Crippen LogP contribution in [-0.2, 0) is 30.6 Å². The van der Waals surface area contributed by atoms with Gasteiger partial charge in [0.2, 0.25) is 5.91 Å². The van der Waals surface area contributed by atoms with Crippen molar-refractivity contribution in [1.82, 2.24) is 14.4 Å². The molecule has 166 valence electrons. The third kappa shape index (κ3) is 3.83. The number of aromatic nitrogens is 1. The zero-order valence-corrected chi connectivity index (χ0v) is 19.3. The highest BCUT2D eigenvalue weighted by Gasteiger charge is 2.36. The Kier molecular flexibility index (Phi) is 6.30. The van der Waals surface area contributed by atoms with Crippen LogP contribution in [0.4, 0.5) is 11.4 Å². The van der Waals surface area contributed by atoms with E-state index in [1.807, 2.05) is 29.2 Å². The number of rotatable bonds is 5. The quantitative estimate of drug-likeness (QED) is 0.742. The second-order valence-electron chi connectivity index (χ2n) is 8.61. The molecular formula is C25H34N4O2. The molecule has 2 aliphatic heterocycles. The fourth-order valence-corrected chi connectivity index (χ4v) is 5.14. The van der Waals surface area contributed by atoms with Crippen molar-refractivity contribution in [1.29, 1.82) is 0 Å². The first-order chi connectivity index (χ1) is 15.0. The summed E-state index contributed by atoms with van der Waals surface area (Å²) in [5, 5.41) is 0. The highest BCUT2D eigenvalue weighted by molar-refractivity contribution is 6.13. The summed E-state index contributed by atoms with van der Waals surface area (Å²) in [6, 6.07) is 7.90. The Balaban J connectivity index is 1.86. The molecule has 1 saturated heterocycles. The lowest BCUT2D eigenvalue weighted by Crippen LogP contribution is -2.48. The van der Waals surface area contributed by atoms with Crippen molar-refractivity contribution in [3.8, 4) is 0 Å². The number of anilines is 2. The van der Waals surface area contributed by atoms with Crippen LogP contribution in [0.1, 0.15) is 48.1 Å². The lowest BCUT2D eigenvalue weighted by atomic mass is 10.1. The number of Topliss-reactive ketones (excluding diaryl/α,β-unsaturated/α-hetero) is 1. The van der Waals surface area contributed by atoms with Crippen LogP contribution in [0.15, 0.2) is 24.3 Å². The summed E-state index contributed by atoms with van der Waals surface area (Å²) < 4.78 is 2.15. The number of likely N-dealkylation sites (N-methyl/N-ethyl adjacent to an activating group) is 1. The number of amides is 1. The number of nitrogens with zero attached hydrogens (tertiary/aromatic N) is 4. The molecule has 0 atom stereocenters. The minimum absolute atomic E-state index is 0.0542.